The van der Waals surface area contributed by atoms with Gasteiger partial charge in [-0.3, -0.25) is 4.90 Å². The van der Waals surface area contributed by atoms with Gasteiger partial charge >= 0.3 is 6.03 Å². The number of benzene rings is 1. The molecule has 3 rings (SSSR count). The van der Waals surface area contributed by atoms with Crippen LogP contribution in [0.15, 0.2) is 36.7 Å². The highest BCUT2D eigenvalue weighted by atomic mass is 16.2. The molecule has 7 nitrogen and oxygen atoms in total. The van der Waals surface area contributed by atoms with Gasteiger partial charge in [0.25, 0.3) is 0 Å². The number of aryl methyl sites for hydroxylation is 1. The summed E-state index contributed by atoms with van der Waals surface area (Å²) in [5.74, 6) is 0.756. The predicted octanol–water partition coefficient (Wildman–Crippen LogP) is 1.40. The molecule has 0 aliphatic carbocycles. The number of hydrogen-bond donors (Lipinski definition) is 1. The van der Waals surface area contributed by atoms with Gasteiger partial charge < -0.3 is 14.8 Å². The summed E-state index contributed by atoms with van der Waals surface area (Å²) < 4.78 is 1.82. The fraction of sp³-hybridized carbons (Fsp3) is 0.471. The highest BCUT2D eigenvalue weighted by Gasteiger charge is 2.23. The Labute approximate surface area is 142 Å². The number of nitrogens with one attached hydrogen (secondary N) is 1. The van der Waals surface area contributed by atoms with E-state index in [1.807, 2.05) is 29.5 Å². The number of nitrogens with zero attached hydrogens (tertiary/aromatic N) is 5. The topological polar surface area (TPSA) is 66.3 Å². The first-order valence-corrected chi connectivity index (χ1v) is 8.29. The van der Waals surface area contributed by atoms with E-state index in [2.05, 4.69) is 44.7 Å². The molecule has 1 aliphatic rings. The average Bonchev–Trinajstić information content (AvgIpc) is 3.02. The third-order valence-electron chi connectivity index (χ3n) is 4.38. The summed E-state index contributed by atoms with van der Waals surface area (Å²) in [6, 6.07) is 10.2. The van der Waals surface area contributed by atoms with E-state index in [4.69, 9.17) is 0 Å². The lowest BCUT2D eigenvalue weighted by Crippen LogP contribution is -2.51. The molecule has 7 heteroatoms. The Morgan fingerprint density at radius 2 is 1.92 bits per heavy atom. The van der Waals surface area contributed by atoms with Crippen LogP contribution in [-0.4, -0.2) is 56.8 Å². The Morgan fingerprint density at radius 3 is 2.54 bits per heavy atom. The van der Waals surface area contributed by atoms with Gasteiger partial charge in [0.05, 0.1) is 6.04 Å². The maximum Gasteiger partial charge on any atom is 0.318 e. The Balaban J connectivity index is 1.47. The zero-order chi connectivity index (χ0) is 16.9. The molecule has 2 amide bonds. The van der Waals surface area contributed by atoms with Crippen molar-refractivity contribution >= 4 is 6.03 Å². The smallest absolute Gasteiger partial charge is 0.318 e. The normalized spacial score (nSPS) is 16.8. The molecular weight excluding hydrogens is 304 g/mol. The Hall–Kier alpha value is -2.41. The van der Waals surface area contributed by atoms with Crippen LogP contribution in [0.4, 0.5) is 4.79 Å². The van der Waals surface area contributed by atoms with Crippen LogP contribution in [0.2, 0.25) is 0 Å². The van der Waals surface area contributed by atoms with E-state index >= 15 is 0 Å². The molecule has 24 heavy (non-hydrogen) atoms. The minimum absolute atomic E-state index is 0.0372. The number of carbonyl (C=O) groups excluding carboxylic acids is 1. The van der Waals surface area contributed by atoms with Crippen molar-refractivity contribution in [1.82, 2.24) is 29.9 Å². The van der Waals surface area contributed by atoms with E-state index in [1.165, 1.54) is 5.56 Å². The second-order valence-corrected chi connectivity index (χ2v) is 6.22. The molecule has 0 spiro atoms. The van der Waals surface area contributed by atoms with Gasteiger partial charge in [-0.15, -0.1) is 10.2 Å². The van der Waals surface area contributed by atoms with Gasteiger partial charge in [-0.05, 0) is 12.5 Å². The quantitative estimate of drug-likeness (QED) is 0.921. The number of rotatable bonds is 4. The minimum Gasteiger partial charge on any atom is -0.328 e. The first-order valence-electron chi connectivity index (χ1n) is 8.29. The summed E-state index contributed by atoms with van der Waals surface area (Å²) in [5, 5.41) is 10.9. The number of urea groups is 1. The molecule has 1 N–H and O–H groups in total. The lowest BCUT2D eigenvalue weighted by Gasteiger charge is -2.35. The standard InChI is InChI=1S/C17H24N6O/c1-14(16-20-18-13-21(16)2)19-17(24)23-10-8-22(9-11-23)12-15-6-4-3-5-7-15/h3-7,13-14H,8-12H2,1-2H3,(H,19,24)/t14-/m1/s1. The second kappa shape index (κ2) is 7.44. The van der Waals surface area contributed by atoms with Crippen LogP contribution in [0.3, 0.4) is 0 Å². The molecule has 0 saturated carbocycles. The summed E-state index contributed by atoms with van der Waals surface area (Å²) in [4.78, 5) is 16.7. The Bertz CT molecular complexity index is 663. The third-order valence-corrected chi connectivity index (χ3v) is 4.38. The lowest BCUT2D eigenvalue weighted by molar-refractivity contribution is 0.133. The van der Waals surface area contributed by atoms with Crippen LogP contribution in [0, 0.1) is 0 Å². The van der Waals surface area contributed by atoms with Crippen molar-refractivity contribution < 1.29 is 4.79 Å². The molecule has 128 valence electrons. The van der Waals surface area contributed by atoms with Crippen molar-refractivity contribution in [2.24, 2.45) is 7.05 Å². The zero-order valence-electron chi connectivity index (χ0n) is 14.2. The highest BCUT2D eigenvalue weighted by Crippen LogP contribution is 2.11. The number of carbonyl (C=O) groups is 1. The summed E-state index contributed by atoms with van der Waals surface area (Å²) in [7, 11) is 1.88. The van der Waals surface area contributed by atoms with E-state index in [0.717, 1.165) is 38.5 Å². The van der Waals surface area contributed by atoms with Gasteiger partial charge in [-0.25, -0.2) is 4.79 Å². The molecule has 0 bridgehead atoms. The van der Waals surface area contributed by atoms with Gasteiger partial charge in [0.2, 0.25) is 0 Å². The van der Waals surface area contributed by atoms with Gasteiger partial charge in [0, 0.05) is 39.8 Å². The molecule has 2 aromatic rings. The highest BCUT2D eigenvalue weighted by molar-refractivity contribution is 5.74. The fourth-order valence-electron chi connectivity index (χ4n) is 2.98. The summed E-state index contributed by atoms with van der Waals surface area (Å²) in [5.41, 5.74) is 1.31. The molecule has 2 heterocycles. The zero-order valence-corrected chi connectivity index (χ0v) is 14.2. The van der Waals surface area contributed by atoms with Gasteiger partial charge in [-0.1, -0.05) is 30.3 Å². The average molecular weight is 328 g/mol. The first kappa shape index (κ1) is 16.4. The van der Waals surface area contributed by atoms with Crippen molar-refractivity contribution in [2.75, 3.05) is 26.2 Å². The number of hydrogen-bond acceptors (Lipinski definition) is 4. The van der Waals surface area contributed by atoms with E-state index in [9.17, 15) is 4.79 Å². The van der Waals surface area contributed by atoms with Crippen molar-refractivity contribution in [3.8, 4) is 0 Å². The number of aromatic nitrogens is 3. The molecule has 0 unspecified atom stereocenters. The molecule has 1 atom stereocenters. The number of amides is 2. The van der Waals surface area contributed by atoms with Crippen molar-refractivity contribution in [1.29, 1.82) is 0 Å². The van der Waals surface area contributed by atoms with E-state index in [1.54, 1.807) is 6.33 Å². The predicted molar refractivity (Wildman–Crippen MR) is 91.2 cm³/mol. The molecular formula is C17H24N6O. The van der Waals surface area contributed by atoms with Crippen LogP contribution < -0.4 is 5.32 Å². The molecule has 1 aromatic heterocycles. The largest absolute Gasteiger partial charge is 0.328 e. The number of piperazine rings is 1. The minimum atomic E-state index is -0.160. The first-order chi connectivity index (χ1) is 11.6. The van der Waals surface area contributed by atoms with Crippen LogP contribution in [-0.2, 0) is 13.6 Å². The second-order valence-electron chi connectivity index (χ2n) is 6.22. The van der Waals surface area contributed by atoms with Crippen LogP contribution in [0.1, 0.15) is 24.4 Å². The van der Waals surface area contributed by atoms with Crippen LogP contribution in [0.5, 0.6) is 0 Å². The van der Waals surface area contributed by atoms with Gasteiger partial charge in [-0.2, -0.15) is 0 Å². The molecule has 1 aliphatic heterocycles. The van der Waals surface area contributed by atoms with Crippen LogP contribution in [0.25, 0.3) is 0 Å². The molecule has 1 aromatic carbocycles. The van der Waals surface area contributed by atoms with Crippen LogP contribution >= 0.6 is 0 Å². The van der Waals surface area contributed by atoms with Crippen molar-refractivity contribution in [3.63, 3.8) is 0 Å². The van der Waals surface area contributed by atoms with Gasteiger partial charge in [0.1, 0.15) is 6.33 Å². The summed E-state index contributed by atoms with van der Waals surface area (Å²) in [6.07, 6.45) is 1.64. The Kier molecular flexibility index (Phi) is 5.10. The SMILES string of the molecule is C[C@@H](NC(=O)N1CCN(Cc2ccccc2)CC1)c1nncn1C. The Morgan fingerprint density at radius 1 is 1.21 bits per heavy atom. The van der Waals surface area contributed by atoms with E-state index in [0.29, 0.717) is 0 Å². The monoisotopic (exact) mass is 328 g/mol. The van der Waals surface area contributed by atoms with Crippen molar-refractivity contribution in [3.05, 3.63) is 48.0 Å². The third kappa shape index (κ3) is 3.91. The van der Waals surface area contributed by atoms with E-state index in [-0.39, 0.29) is 12.1 Å². The summed E-state index contributed by atoms with van der Waals surface area (Å²) in [6.45, 7) is 6.12. The van der Waals surface area contributed by atoms with Gasteiger partial charge in [0.15, 0.2) is 5.82 Å². The maximum absolute atomic E-state index is 12.4. The molecule has 1 saturated heterocycles. The van der Waals surface area contributed by atoms with E-state index < -0.39 is 0 Å². The molecule has 0 radical (unpaired) electrons. The lowest BCUT2D eigenvalue weighted by atomic mass is 10.2. The maximum atomic E-state index is 12.4. The van der Waals surface area contributed by atoms with Crippen molar-refractivity contribution in [2.45, 2.75) is 19.5 Å². The molecule has 1 fully saturated rings. The summed E-state index contributed by atoms with van der Waals surface area (Å²) >= 11 is 0. The fourth-order valence-corrected chi connectivity index (χ4v) is 2.98.